The Bertz CT molecular complexity index is 927. The lowest BCUT2D eigenvalue weighted by Crippen LogP contribution is -2.02. The first-order valence-electron chi connectivity index (χ1n) is 9.79. The van der Waals surface area contributed by atoms with Gasteiger partial charge in [-0.1, -0.05) is 36.6 Å². The molecule has 3 rings (SSSR count). The number of aryl methyl sites for hydroxylation is 4. The topological polar surface area (TPSA) is 35.2 Å². The molecule has 2 N–H and O–H groups in total. The van der Waals surface area contributed by atoms with Crippen LogP contribution in [0.2, 0.25) is 0 Å². The molecule has 0 unspecified atom stereocenters. The van der Waals surface area contributed by atoms with Crippen molar-refractivity contribution in [3.63, 3.8) is 0 Å². The SMILES string of the molecule is Cc1cc(C)c2cc3c(C)ccc(C)c3c(OCCCCCCN)c2c1. The van der Waals surface area contributed by atoms with Crippen molar-refractivity contribution in [2.24, 2.45) is 5.73 Å². The lowest BCUT2D eigenvalue weighted by atomic mass is 9.93. The van der Waals surface area contributed by atoms with E-state index in [4.69, 9.17) is 10.5 Å². The highest BCUT2D eigenvalue weighted by atomic mass is 16.5. The summed E-state index contributed by atoms with van der Waals surface area (Å²) in [5.41, 5.74) is 10.8. The predicted octanol–water partition coefficient (Wildman–Crippen LogP) is 6.12. The van der Waals surface area contributed by atoms with Crippen LogP contribution < -0.4 is 10.5 Å². The lowest BCUT2D eigenvalue weighted by Gasteiger charge is -2.18. The van der Waals surface area contributed by atoms with E-state index in [1.165, 1.54) is 56.6 Å². The summed E-state index contributed by atoms with van der Waals surface area (Å²) in [7, 11) is 0. The average molecular weight is 350 g/mol. The summed E-state index contributed by atoms with van der Waals surface area (Å²) < 4.78 is 6.43. The number of benzene rings is 3. The minimum absolute atomic E-state index is 0.763. The van der Waals surface area contributed by atoms with Crippen LogP contribution in [0.15, 0.2) is 30.3 Å². The Labute approximate surface area is 157 Å². The smallest absolute Gasteiger partial charge is 0.135 e. The third-order valence-corrected chi connectivity index (χ3v) is 5.31. The van der Waals surface area contributed by atoms with E-state index in [2.05, 4.69) is 58.0 Å². The fraction of sp³-hybridized carbons (Fsp3) is 0.417. The van der Waals surface area contributed by atoms with Crippen molar-refractivity contribution in [3.8, 4) is 5.75 Å². The third-order valence-electron chi connectivity index (χ3n) is 5.31. The number of hydrogen-bond donors (Lipinski definition) is 1. The van der Waals surface area contributed by atoms with Gasteiger partial charge in [0.2, 0.25) is 0 Å². The molecule has 0 saturated heterocycles. The molecule has 0 saturated carbocycles. The van der Waals surface area contributed by atoms with Gasteiger partial charge < -0.3 is 10.5 Å². The molecule has 0 amide bonds. The third kappa shape index (κ3) is 3.71. The maximum absolute atomic E-state index is 6.43. The molecule has 0 bridgehead atoms. The van der Waals surface area contributed by atoms with Crippen LogP contribution in [0.1, 0.15) is 47.9 Å². The Morgan fingerprint density at radius 1 is 0.731 bits per heavy atom. The maximum Gasteiger partial charge on any atom is 0.135 e. The number of hydrogen-bond acceptors (Lipinski definition) is 2. The molecule has 0 radical (unpaired) electrons. The molecule has 0 fully saturated rings. The van der Waals surface area contributed by atoms with Crippen LogP contribution in [-0.4, -0.2) is 13.2 Å². The Hall–Kier alpha value is -2.06. The zero-order valence-corrected chi connectivity index (χ0v) is 16.6. The summed E-state index contributed by atoms with van der Waals surface area (Å²) in [6.07, 6.45) is 4.55. The molecule has 0 aliphatic carbocycles. The monoisotopic (exact) mass is 349 g/mol. The summed E-state index contributed by atoms with van der Waals surface area (Å²) in [5.74, 6) is 1.06. The van der Waals surface area contributed by atoms with Gasteiger partial charge in [0.25, 0.3) is 0 Å². The molecule has 0 aliphatic rings. The van der Waals surface area contributed by atoms with Crippen molar-refractivity contribution < 1.29 is 4.74 Å². The van der Waals surface area contributed by atoms with Crippen LogP contribution >= 0.6 is 0 Å². The maximum atomic E-state index is 6.43. The highest BCUT2D eigenvalue weighted by Gasteiger charge is 2.14. The lowest BCUT2D eigenvalue weighted by molar-refractivity contribution is 0.311. The number of nitrogens with two attached hydrogens (primary N) is 1. The average Bonchev–Trinajstić information content (AvgIpc) is 2.61. The first kappa shape index (κ1) is 18.7. The van der Waals surface area contributed by atoms with Gasteiger partial charge in [-0.15, -0.1) is 0 Å². The molecule has 0 aromatic heterocycles. The van der Waals surface area contributed by atoms with Crippen molar-refractivity contribution in [2.75, 3.05) is 13.2 Å². The van der Waals surface area contributed by atoms with E-state index >= 15 is 0 Å². The van der Waals surface area contributed by atoms with Gasteiger partial charge in [0, 0.05) is 10.8 Å². The van der Waals surface area contributed by atoms with Crippen LogP contribution in [0.3, 0.4) is 0 Å². The fourth-order valence-electron chi connectivity index (χ4n) is 3.88. The van der Waals surface area contributed by atoms with Crippen molar-refractivity contribution in [2.45, 2.75) is 53.4 Å². The molecular formula is C24H31NO. The number of ether oxygens (including phenoxy) is 1. The molecule has 3 aromatic rings. The van der Waals surface area contributed by atoms with Crippen molar-refractivity contribution >= 4 is 21.5 Å². The second-order valence-corrected chi connectivity index (χ2v) is 7.56. The standard InChI is InChI=1S/C24H31NO/c1-16-13-19(4)20-15-21-17(2)9-10-18(3)23(21)24(22(20)14-16)26-12-8-6-5-7-11-25/h9-10,13-15H,5-8,11-12,25H2,1-4H3. The number of fused-ring (bicyclic) bond motifs is 2. The van der Waals surface area contributed by atoms with E-state index < -0.39 is 0 Å². The zero-order valence-electron chi connectivity index (χ0n) is 16.6. The molecule has 0 aliphatic heterocycles. The van der Waals surface area contributed by atoms with Crippen LogP contribution in [0.4, 0.5) is 0 Å². The van der Waals surface area contributed by atoms with Crippen LogP contribution in [-0.2, 0) is 0 Å². The number of unbranched alkanes of at least 4 members (excludes halogenated alkanes) is 3. The van der Waals surface area contributed by atoms with Gasteiger partial charge in [-0.2, -0.15) is 0 Å². The van der Waals surface area contributed by atoms with Crippen LogP contribution in [0, 0.1) is 27.7 Å². The van der Waals surface area contributed by atoms with Crippen molar-refractivity contribution in [1.82, 2.24) is 0 Å². The van der Waals surface area contributed by atoms with E-state index in [1.807, 2.05) is 0 Å². The largest absolute Gasteiger partial charge is 0.492 e. The molecule has 0 heterocycles. The molecule has 26 heavy (non-hydrogen) atoms. The summed E-state index contributed by atoms with van der Waals surface area (Å²) in [5, 5.41) is 5.12. The first-order valence-corrected chi connectivity index (χ1v) is 9.79. The second kappa shape index (κ2) is 8.09. The molecular weight excluding hydrogens is 318 g/mol. The van der Waals surface area contributed by atoms with E-state index in [1.54, 1.807) is 0 Å². The van der Waals surface area contributed by atoms with Gasteiger partial charge >= 0.3 is 0 Å². The Balaban J connectivity index is 2.08. The molecule has 3 aromatic carbocycles. The summed E-state index contributed by atoms with van der Waals surface area (Å²) in [6, 6.07) is 11.3. The minimum atomic E-state index is 0.763. The quantitative estimate of drug-likeness (QED) is 0.411. The van der Waals surface area contributed by atoms with E-state index in [0.29, 0.717) is 0 Å². The molecule has 0 atom stereocenters. The van der Waals surface area contributed by atoms with Gasteiger partial charge in [0.1, 0.15) is 5.75 Å². The summed E-state index contributed by atoms with van der Waals surface area (Å²) >= 11 is 0. The highest BCUT2D eigenvalue weighted by molar-refractivity contribution is 6.08. The predicted molar refractivity (Wildman–Crippen MR) is 113 cm³/mol. The summed E-state index contributed by atoms with van der Waals surface area (Å²) in [6.45, 7) is 10.3. The van der Waals surface area contributed by atoms with Crippen LogP contribution in [0.25, 0.3) is 21.5 Å². The normalized spacial score (nSPS) is 11.4. The zero-order chi connectivity index (χ0) is 18.7. The Morgan fingerprint density at radius 2 is 1.46 bits per heavy atom. The summed E-state index contributed by atoms with van der Waals surface area (Å²) in [4.78, 5) is 0. The van der Waals surface area contributed by atoms with Gasteiger partial charge in [-0.05, 0) is 86.7 Å². The fourth-order valence-corrected chi connectivity index (χ4v) is 3.88. The Morgan fingerprint density at radius 3 is 2.23 bits per heavy atom. The van der Waals surface area contributed by atoms with Crippen molar-refractivity contribution in [1.29, 1.82) is 0 Å². The molecule has 0 spiro atoms. The minimum Gasteiger partial charge on any atom is -0.492 e. The van der Waals surface area contributed by atoms with Gasteiger partial charge in [-0.3, -0.25) is 0 Å². The molecule has 138 valence electrons. The van der Waals surface area contributed by atoms with E-state index in [9.17, 15) is 0 Å². The Kier molecular flexibility index (Phi) is 5.83. The highest BCUT2D eigenvalue weighted by Crippen LogP contribution is 2.40. The molecule has 2 heteroatoms. The van der Waals surface area contributed by atoms with E-state index in [-0.39, 0.29) is 0 Å². The van der Waals surface area contributed by atoms with Gasteiger partial charge in [0.05, 0.1) is 6.61 Å². The second-order valence-electron chi connectivity index (χ2n) is 7.56. The van der Waals surface area contributed by atoms with Gasteiger partial charge in [-0.25, -0.2) is 0 Å². The molecule has 2 nitrogen and oxygen atoms in total. The van der Waals surface area contributed by atoms with Crippen LogP contribution in [0.5, 0.6) is 5.75 Å². The van der Waals surface area contributed by atoms with E-state index in [0.717, 1.165) is 31.7 Å². The number of rotatable bonds is 7. The van der Waals surface area contributed by atoms with Gasteiger partial charge in [0.15, 0.2) is 0 Å². The van der Waals surface area contributed by atoms with Crippen molar-refractivity contribution in [3.05, 3.63) is 52.6 Å². The first-order chi connectivity index (χ1) is 12.5.